The minimum absolute atomic E-state index is 0.0987. The van der Waals surface area contributed by atoms with E-state index in [4.69, 9.17) is 0 Å². The van der Waals surface area contributed by atoms with Crippen LogP contribution in [-0.2, 0) is 9.59 Å². The number of allylic oxidation sites excluding steroid dienone is 2. The highest BCUT2D eigenvalue weighted by atomic mass is 16.2. The van der Waals surface area contributed by atoms with Crippen LogP contribution in [0.4, 0.5) is 5.69 Å². The molecule has 1 aliphatic carbocycles. The van der Waals surface area contributed by atoms with E-state index in [1.807, 2.05) is 91.9 Å². The van der Waals surface area contributed by atoms with Crippen molar-refractivity contribution in [2.24, 2.45) is 11.8 Å². The molecule has 5 rings (SSSR count). The van der Waals surface area contributed by atoms with Gasteiger partial charge in [0.25, 0.3) is 0 Å². The molecule has 3 aromatic rings. The van der Waals surface area contributed by atoms with Gasteiger partial charge in [0.05, 0.1) is 17.5 Å². The third kappa shape index (κ3) is 2.89. The number of carbonyl (C=O) groups excluding carboxylic acids is 2. The summed E-state index contributed by atoms with van der Waals surface area (Å²) in [4.78, 5) is 28.9. The van der Waals surface area contributed by atoms with Crippen LogP contribution in [0.25, 0.3) is 0 Å². The Labute approximate surface area is 176 Å². The highest BCUT2D eigenvalue weighted by Gasteiger charge is 2.55. The number of hydrogen-bond donors (Lipinski definition) is 0. The normalized spacial score (nSPS) is 25.4. The number of rotatable bonds is 3. The number of anilines is 1. The van der Waals surface area contributed by atoms with Crippen LogP contribution in [0.2, 0.25) is 0 Å². The number of para-hydroxylation sites is 1. The first-order valence-corrected chi connectivity index (χ1v) is 10.4. The summed E-state index contributed by atoms with van der Waals surface area (Å²) in [5, 5.41) is 0. The highest BCUT2D eigenvalue weighted by Crippen LogP contribution is 2.50. The number of aryl methyl sites for hydroxylation is 1. The molecule has 3 heteroatoms. The van der Waals surface area contributed by atoms with E-state index in [2.05, 4.69) is 12.2 Å². The molecular formula is C27H23NO2. The molecule has 0 radical (unpaired) electrons. The summed E-state index contributed by atoms with van der Waals surface area (Å²) in [6, 6.07) is 27.7. The van der Waals surface area contributed by atoms with Gasteiger partial charge in [-0.25, -0.2) is 4.90 Å². The van der Waals surface area contributed by atoms with Crippen molar-refractivity contribution >= 4 is 17.5 Å². The number of imide groups is 1. The summed E-state index contributed by atoms with van der Waals surface area (Å²) in [7, 11) is 0. The van der Waals surface area contributed by atoms with Gasteiger partial charge in [0, 0.05) is 11.8 Å². The Morgan fingerprint density at radius 3 is 1.50 bits per heavy atom. The van der Waals surface area contributed by atoms with Crippen molar-refractivity contribution in [2.45, 2.75) is 18.8 Å². The molecule has 0 unspecified atom stereocenters. The minimum atomic E-state index is -0.408. The van der Waals surface area contributed by atoms with E-state index in [9.17, 15) is 9.59 Å². The third-order valence-corrected chi connectivity index (χ3v) is 6.42. The largest absolute Gasteiger partial charge is 0.274 e. The maximum absolute atomic E-state index is 13.7. The molecule has 1 aliphatic heterocycles. The number of hydrogen-bond acceptors (Lipinski definition) is 2. The molecular weight excluding hydrogens is 370 g/mol. The molecule has 2 amide bonds. The van der Waals surface area contributed by atoms with Gasteiger partial charge >= 0.3 is 0 Å². The van der Waals surface area contributed by atoms with Crippen LogP contribution >= 0.6 is 0 Å². The van der Waals surface area contributed by atoms with Gasteiger partial charge in [-0.2, -0.15) is 0 Å². The van der Waals surface area contributed by atoms with E-state index in [-0.39, 0.29) is 23.7 Å². The maximum Gasteiger partial charge on any atom is 0.238 e. The lowest BCUT2D eigenvalue weighted by Gasteiger charge is -2.32. The van der Waals surface area contributed by atoms with E-state index in [1.54, 1.807) is 0 Å². The average Bonchev–Trinajstić information content (AvgIpc) is 3.06. The summed E-state index contributed by atoms with van der Waals surface area (Å²) in [6.07, 6.45) is 4.25. The van der Waals surface area contributed by atoms with Crippen molar-refractivity contribution in [1.82, 2.24) is 0 Å². The van der Waals surface area contributed by atoms with E-state index in [1.165, 1.54) is 4.90 Å². The van der Waals surface area contributed by atoms with Gasteiger partial charge in [0.2, 0.25) is 11.8 Å². The van der Waals surface area contributed by atoms with Crippen LogP contribution in [0.1, 0.15) is 28.5 Å². The molecule has 30 heavy (non-hydrogen) atoms. The zero-order valence-corrected chi connectivity index (χ0v) is 16.8. The number of benzene rings is 3. The van der Waals surface area contributed by atoms with Gasteiger partial charge in [0.1, 0.15) is 0 Å². The van der Waals surface area contributed by atoms with E-state index < -0.39 is 11.8 Å². The van der Waals surface area contributed by atoms with Gasteiger partial charge in [-0.1, -0.05) is 91.0 Å². The van der Waals surface area contributed by atoms with E-state index in [0.717, 1.165) is 16.7 Å². The Balaban J connectivity index is 1.65. The van der Waals surface area contributed by atoms with E-state index in [0.29, 0.717) is 5.69 Å². The lowest BCUT2D eigenvalue weighted by atomic mass is 9.68. The first-order valence-electron chi connectivity index (χ1n) is 10.4. The Kier molecular flexibility index (Phi) is 4.59. The van der Waals surface area contributed by atoms with Crippen molar-refractivity contribution in [3.63, 3.8) is 0 Å². The van der Waals surface area contributed by atoms with Crippen LogP contribution in [0, 0.1) is 18.8 Å². The third-order valence-electron chi connectivity index (χ3n) is 6.42. The molecule has 1 heterocycles. The summed E-state index contributed by atoms with van der Waals surface area (Å²) in [5.74, 6) is -1.23. The first kappa shape index (κ1) is 18.6. The maximum atomic E-state index is 13.7. The molecule has 3 nitrogen and oxygen atoms in total. The van der Waals surface area contributed by atoms with Crippen molar-refractivity contribution in [3.05, 3.63) is 114 Å². The molecule has 3 aromatic carbocycles. The lowest BCUT2D eigenvalue weighted by Crippen LogP contribution is -2.32. The molecule has 0 aromatic heterocycles. The molecule has 1 saturated heterocycles. The fourth-order valence-corrected chi connectivity index (χ4v) is 4.99. The van der Waals surface area contributed by atoms with Crippen LogP contribution in [-0.4, -0.2) is 11.8 Å². The fraction of sp³-hybridized carbons (Fsp3) is 0.185. The number of nitrogens with zero attached hydrogens (tertiary/aromatic N) is 1. The molecule has 148 valence electrons. The predicted molar refractivity (Wildman–Crippen MR) is 118 cm³/mol. The topological polar surface area (TPSA) is 37.4 Å². The zero-order valence-electron chi connectivity index (χ0n) is 16.8. The van der Waals surface area contributed by atoms with Crippen LogP contribution in [0.3, 0.4) is 0 Å². The first-order chi connectivity index (χ1) is 14.7. The standard InChI is InChI=1S/C27H23NO2/c1-18-10-8-9-15-23(18)28-26(29)24-21(19-11-4-2-5-12-19)16-17-22(25(24)27(28)30)20-13-6-3-7-14-20/h2-17,21-22,24-25H,1H3/t21-,22-,24-,25+/m0/s1. The van der Waals surface area contributed by atoms with Crippen molar-refractivity contribution in [2.75, 3.05) is 4.90 Å². The number of fused-ring (bicyclic) bond motifs is 1. The Bertz CT molecular complexity index is 1050. The fourth-order valence-electron chi connectivity index (χ4n) is 4.99. The van der Waals surface area contributed by atoms with Crippen molar-refractivity contribution in [1.29, 1.82) is 0 Å². The SMILES string of the molecule is Cc1ccccc1N1C(=O)[C@@H]2[C@H](C1=O)[C@H](c1ccccc1)C=C[C@H]2c1ccccc1. The zero-order chi connectivity index (χ0) is 20.7. The van der Waals surface area contributed by atoms with Crippen LogP contribution < -0.4 is 4.90 Å². The quantitative estimate of drug-likeness (QED) is 0.451. The molecule has 0 spiro atoms. The molecule has 1 fully saturated rings. The van der Waals surface area contributed by atoms with Gasteiger partial charge in [-0.05, 0) is 29.7 Å². The monoisotopic (exact) mass is 393 g/mol. The molecule has 2 aliphatic rings. The summed E-state index contributed by atoms with van der Waals surface area (Å²) >= 11 is 0. The number of carbonyl (C=O) groups is 2. The van der Waals surface area contributed by atoms with Gasteiger partial charge in [0.15, 0.2) is 0 Å². The Morgan fingerprint density at radius 2 is 1.03 bits per heavy atom. The Hall–Kier alpha value is -3.46. The second-order valence-electron chi connectivity index (χ2n) is 8.11. The lowest BCUT2D eigenvalue weighted by molar-refractivity contribution is -0.122. The van der Waals surface area contributed by atoms with Crippen molar-refractivity contribution < 1.29 is 9.59 Å². The highest BCUT2D eigenvalue weighted by molar-refractivity contribution is 6.23. The summed E-state index contributed by atoms with van der Waals surface area (Å²) in [5.41, 5.74) is 3.77. The number of amides is 2. The van der Waals surface area contributed by atoms with E-state index >= 15 is 0 Å². The average molecular weight is 393 g/mol. The molecule has 4 atom stereocenters. The smallest absolute Gasteiger partial charge is 0.238 e. The second-order valence-corrected chi connectivity index (χ2v) is 8.11. The predicted octanol–water partition coefficient (Wildman–Crippen LogP) is 5.24. The summed E-state index contributed by atoms with van der Waals surface area (Å²) < 4.78 is 0. The van der Waals surface area contributed by atoms with Crippen molar-refractivity contribution in [3.8, 4) is 0 Å². The van der Waals surface area contributed by atoms with Gasteiger partial charge < -0.3 is 0 Å². The summed E-state index contributed by atoms with van der Waals surface area (Å²) in [6.45, 7) is 1.94. The second kappa shape index (κ2) is 7.42. The Morgan fingerprint density at radius 1 is 0.600 bits per heavy atom. The van der Waals surface area contributed by atoms with Crippen LogP contribution in [0.5, 0.6) is 0 Å². The minimum Gasteiger partial charge on any atom is -0.274 e. The molecule has 0 saturated carbocycles. The molecule has 0 N–H and O–H groups in total. The van der Waals surface area contributed by atoms with Gasteiger partial charge in [-0.15, -0.1) is 0 Å². The van der Waals surface area contributed by atoms with Crippen LogP contribution in [0.15, 0.2) is 97.1 Å². The molecule has 0 bridgehead atoms. The van der Waals surface area contributed by atoms with Gasteiger partial charge in [-0.3, -0.25) is 9.59 Å².